The van der Waals surface area contributed by atoms with E-state index in [0.717, 1.165) is 5.56 Å². The molecule has 1 rings (SSSR count). The Kier molecular flexibility index (Phi) is 4.59. The van der Waals surface area contributed by atoms with Gasteiger partial charge in [-0.3, -0.25) is 0 Å². The number of nitrogen functional groups attached to an aromatic ring is 1. The van der Waals surface area contributed by atoms with Crippen molar-refractivity contribution in [2.24, 2.45) is 0 Å². The highest BCUT2D eigenvalue weighted by Crippen LogP contribution is 2.15. The largest absolute Gasteiger partial charge is 0.478 e. The molecule has 3 N–H and O–H groups in total. The molecule has 0 saturated heterocycles. The van der Waals surface area contributed by atoms with Gasteiger partial charge >= 0.3 is 5.97 Å². The maximum Gasteiger partial charge on any atom is 0.337 e. The molecule has 0 atom stereocenters. The van der Waals surface area contributed by atoms with E-state index in [9.17, 15) is 4.79 Å². The number of hydrogen-bond donors (Lipinski definition) is 2. The summed E-state index contributed by atoms with van der Waals surface area (Å²) in [5.74, 6) is -0.980. The van der Waals surface area contributed by atoms with Gasteiger partial charge < -0.3 is 10.8 Å². The van der Waals surface area contributed by atoms with Crippen LogP contribution in [0.2, 0.25) is 0 Å². The second kappa shape index (κ2) is 5.19. The second-order valence-corrected chi connectivity index (χ2v) is 2.34. The van der Waals surface area contributed by atoms with E-state index in [1.165, 1.54) is 6.07 Å². The summed E-state index contributed by atoms with van der Waals surface area (Å²) in [5.41, 5.74) is 6.82. The van der Waals surface area contributed by atoms with Gasteiger partial charge in [-0.15, -0.1) is 0 Å². The lowest BCUT2D eigenvalue weighted by molar-refractivity contribution is 0.0698. The number of carboxylic acid groups (broad SMARTS) is 1. The number of hydrogen-bond acceptors (Lipinski definition) is 2. The normalized spacial score (nSPS) is 8.54. The summed E-state index contributed by atoms with van der Waals surface area (Å²) in [6.45, 7) is 5.78. The van der Waals surface area contributed by atoms with Gasteiger partial charge in [0.05, 0.1) is 5.56 Å². The fourth-order valence-corrected chi connectivity index (χ4v) is 0.867. The van der Waals surface area contributed by atoms with Gasteiger partial charge in [-0.05, 0) is 18.6 Å². The lowest BCUT2D eigenvalue weighted by Gasteiger charge is -2.02. The zero-order valence-electron chi connectivity index (χ0n) is 8.16. The highest BCUT2D eigenvalue weighted by atomic mass is 16.4. The van der Waals surface area contributed by atoms with Crippen LogP contribution in [0, 0.1) is 6.92 Å². The SMILES string of the molecule is CC.Cc1cccc(C(=O)O)c1N. The number of aryl methyl sites for hydroxylation is 1. The zero-order valence-corrected chi connectivity index (χ0v) is 8.16. The molecule has 72 valence electrons. The molecule has 0 radical (unpaired) electrons. The van der Waals surface area contributed by atoms with E-state index in [-0.39, 0.29) is 5.56 Å². The highest BCUT2D eigenvalue weighted by molar-refractivity contribution is 5.94. The minimum absolute atomic E-state index is 0.171. The summed E-state index contributed by atoms with van der Waals surface area (Å²) >= 11 is 0. The number of rotatable bonds is 1. The van der Waals surface area contributed by atoms with E-state index in [4.69, 9.17) is 10.8 Å². The predicted octanol–water partition coefficient (Wildman–Crippen LogP) is 2.30. The Morgan fingerprint density at radius 1 is 1.38 bits per heavy atom. The summed E-state index contributed by atoms with van der Waals surface area (Å²) in [4.78, 5) is 10.5. The molecule has 0 bridgehead atoms. The number of nitrogens with two attached hydrogens (primary N) is 1. The van der Waals surface area contributed by atoms with Crippen LogP contribution in [-0.2, 0) is 0 Å². The third-order valence-corrected chi connectivity index (χ3v) is 1.55. The molecule has 0 spiro atoms. The van der Waals surface area contributed by atoms with Gasteiger partial charge in [0, 0.05) is 5.69 Å². The van der Waals surface area contributed by atoms with Crippen molar-refractivity contribution in [2.45, 2.75) is 20.8 Å². The topological polar surface area (TPSA) is 63.3 Å². The predicted molar refractivity (Wildman–Crippen MR) is 53.9 cm³/mol. The fraction of sp³-hybridized carbons (Fsp3) is 0.300. The van der Waals surface area contributed by atoms with Crippen LogP contribution in [0.25, 0.3) is 0 Å². The van der Waals surface area contributed by atoms with Crippen LogP contribution in [0.15, 0.2) is 18.2 Å². The first-order valence-electron chi connectivity index (χ1n) is 4.21. The Morgan fingerprint density at radius 3 is 2.31 bits per heavy atom. The molecule has 0 aliphatic rings. The van der Waals surface area contributed by atoms with Crippen LogP contribution < -0.4 is 5.73 Å². The molecule has 1 aromatic carbocycles. The Bertz CT molecular complexity index is 295. The van der Waals surface area contributed by atoms with E-state index < -0.39 is 5.97 Å². The zero-order chi connectivity index (χ0) is 10.4. The minimum atomic E-state index is -0.980. The molecular weight excluding hydrogens is 166 g/mol. The molecule has 13 heavy (non-hydrogen) atoms. The van der Waals surface area contributed by atoms with E-state index in [2.05, 4.69) is 0 Å². The third-order valence-electron chi connectivity index (χ3n) is 1.55. The van der Waals surface area contributed by atoms with Crippen molar-refractivity contribution < 1.29 is 9.90 Å². The lowest BCUT2D eigenvalue weighted by atomic mass is 10.1. The molecule has 0 fully saturated rings. The van der Waals surface area contributed by atoms with Crippen molar-refractivity contribution >= 4 is 11.7 Å². The average Bonchev–Trinajstić information content (AvgIpc) is 2.13. The van der Waals surface area contributed by atoms with Crippen molar-refractivity contribution in [2.75, 3.05) is 5.73 Å². The van der Waals surface area contributed by atoms with E-state index in [1.807, 2.05) is 13.8 Å². The molecule has 0 aromatic heterocycles. The average molecular weight is 181 g/mol. The summed E-state index contributed by atoms with van der Waals surface area (Å²) in [6.07, 6.45) is 0. The van der Waals surface area contributed by atoms with E-state index in [1.54, 1.807) is 19.1 Å². The first-order valence-corrected chi connectivity index (χ1v) is 4.21. The minimum Gasteiger partial charge on any atom is -0.478 e. The fourth-order valence-electron chi connectivity index (χ4n) is 0.867. The Balaban J connectivity index is 0.000000671. The van der Waals surface area contributed by atoms with Gasteiger partial charge in [0.1, 0.15) is 0 Å². The molecule has 0 aliphatic carbocycles. The molecular formula is C10H15NO2. The molecule has 1 aromatic rings. The van der Waals surface area contributed by atoms with Crippen molar-refractivity contribution in [1.29, 1.82) is 0 Å². The maximum atomic E-state index is 10.5. The van der Waals surface area contributed by atoms with Gasteiger partial charge in [0.25, 0.3) is 0 Å². The Labute approximate surface area is 78.2 Å². The summed E-state index contributed by atoms with van der Waals surface area (Å²) < 4.78 is 0. The van der Waals surface area contributed by atoms with Crippen molar-refractivity contribution in [1.82, 2.24) is 0 Å². The Morgan fingerprint density at radius 2 is 1.92 bits per heavy atom. The second-order valence-electron chi connectivity index (χ2n) is 2.34. The van der Waals surface area contributed by atoms with Crippen LogP contribution in [0.5, 0.6) is 0 Å². The van der Waals surface area contributed by atoms with Crippen molar-refractivity contribution in [3.8, 4) is 0 Å². The standard InChI is InChI=1S/C8H9NO2.C2H6/c1-5-3-2-4-6(7(5)9)8(10)11;1-2/h2-4H,9H2,1H3,(H,10,11);1-2H3. The van der Waals surface area contributed by atoms with Crippen molar-refractivity contribution in [3.63, 3.8) is 0 Å². The number of carboxylic acids is 1. The van der Waals surface area contributed by atoms with Gasteiger partial charge in [-0.1, -0.05) is 26.0 Å². The maximum absolute atomic E-state index is 10.5. The molecule has 3 nitrogen and oxygen atoms in total. The van der Waals surface area contributed by atoms with Gasteiger partial charge in [-0.25, -0.2) is 4.79 Å². The number of carbonyl (C=O) groups is 1. The van der Waals surface area contributed by atoms with Gasteiger partial charge in [-0.2, -0.15) is 0 Å². The monoisotopic (exact) mass is 181 g/mol. The molecule has 0 unspecified atom stereocenters. The lowest BCUT2D eigenvalue weighted by Crippen LogP contribution is -2.03. The first kappa shape index (κ1) is 11.5. The molecule has 0 heterocycles. The number of benzene rings is 1. The van der Waals surface area contributed by atoms with E-state index in [0.29, 0.717) is 5.69 Å². The molecule has 0 saturated carbocycles. The smallest absolute Gasteiger partial charge is 0.337 e. The highest BCUT2D eigenvalue weighted by Gasteiger charge is 2.07. The Hall–Kier alpha value is -1.51. The van der Waals surface area contributed by atoms with Crippen LogP contribution in [0.4, 0.5) is 5.69 Å². The van der Waals surface area contributed by atoms with Crippen LogP contribution >= 0.6 is 0 Å². The summed E-state index contributed by atoms with van der Waals surface area (Å²) in [7, 11) is 0. The number of anilines is 1. The third kappa shape index (κ3) is 2.78. The number of para-hydroxylation sites is 1. The van der Waals surface area contributed by atoms with Crippen molar-refractivity contribution in [3.05, 3.63) is 29.3 Å². The van der Waals surface area contributed by atoms with E-state index >= 15 is 0 Å². The molecule has 0 amide bonds. The molecule has 3 heteroatoms. The quantitative estimate of drug-likeness (QED) is 0.653. The van der Waals surface area contributed by atoms with Gasteiger partial charge in [0.2, 0.25) is 0 Å². The van der Waals surface area contributed by atoms with Gasteiger partial charge in [0.15, 0.2) is 0 Å². The molecule has 0 aliphatic heterocycles. The number of aromatic carboxylic acids is 1. The van der Waals surface area contributed by atoms with Crippen LogP contribution in [-0.4, -0.2) is 11.1 Å². The summed E-state index contributed by atoms with van der Waals surface area (Å²) in [6, 6.07) is 4.95. The first-order chi connectivity index (χ1) is 6.13. The summed E-state index contributed by atoms with van der Waals surface area (Å²) in [5, 5.41) is 8.61. The van der Waals surface area contributed by atoms with Crippen LogP contribution in [0.3, 0.4) is 0 Å². The van der Waals surface area contributed by atoms with Crippen LogP contribution in [0.1, 0.15) is 29.8 Å².